The second kappa shape index (κ2) is 10.3. The number of likely N-dealkylation sites (tertiary alicyclic amines) is 1. The van der Waals surface area contributed by atoms with Crippen LogP contribution in [0.5, 0.6) is 0 Å². The largest absolute Gasteiger partial charge is 0.356 e. The normalized spacial score (nSPS) is 18.8. The van der Waals surface area contributed by atoms with Gasteiger partial charge in [-0.05, 0) is 56.2 Å². The number of benzene rings is 1. The Morgan fingerprint density at radius 1 is 1.42 bits per heavy atom. The third-order valence-corrected chi connectivity index (χ3v) is 6.01. The third-order valence-electron chi connectivity index (χ3n) is 4.41. The Morgan fingerprint density at radius 2 is 2.21 bits per heavy atom. The minimum Gasteiger partial charge on any atom is -0.356 e. The predicted octanol–water partition coefficient (Wildman–Crippen LogP) is 4.31. The summed E-state index contributed by atoms with van der Waals surface area (Å²) < 4.78 is 0. The van der Waals surface area contributed by atoms with Gasteiger partial charge in [-0.1, -0.05) is 37.6 Å². The van der Waals surface area contributed by atoms with Crippen molar-refractivity contribution < 1.29 is 4.79 Å². The molecule has 2 rings (SSSR count). The first-order valence-electron chi connectivity index (χ1n) is 8.93. The molecule has 1 aromatic rings. The number of nitrogens with one attached hydrogen (secondary N) is 1. The van der Waals surface area contributed by atoms with Crippen LogP contribution in [0.2, 0.25) is 5.02 Å². The number of rotatable bonds is 8. The van der Waals surface area contributed by atoms with Gasteiger partial charge in [-0.15, -0.1) is 11.8 Å². The van der Waals surface area contributed by atoms with Crippen molar-refractivity contribution in [3.8, 4) is 0 Å². The van der Waals surface area contributed by atoms with E-state index in [4.69, 9.17) is 11.6 Å². The molecule has 1 N–H and O–H groups in total. The van der Waals surface area contributed by atoms with Gasteiger partial charge in [0.15, 0.2) is 0 Å². The number of piperidine rings is 1. The van der Waals surface area contributed by atoms with Gasteiger partial charge in [0.2, 0.25) is 5.91 Å². The molecule has 0 saturated carbocycles. The molecular formula is C19H29ClN2OS. The Kier molecular flexibility index (Phi) is 8.43. The summed E-state index contributed by atoms with van der Waals surface area (Å²) in [5.41, 5.74) is 0. The highest BCUT2D eigenvalue weighted by Gasteiger charge is 2.20. The van der Waals surface area contributed by atoms with Crippen LogP contribution < -0.4 is 5.32 Å². The minimum absolute atomic E-state index is 0.0755. The summed E-state index contributed by atoms with van der Waals surface area (Å²) in [6.07, 6.45) is 3.63. The number of halogens is 1. The lowest BCUT2D eigenvalue weighted by atomic mass is 9.97. The zero-order valence-electron chi connectivity index (χ0n) is 14.8. The summed E-state index contributed by atoms with van der Waals surface area (Å²) in [4.78, 5) is 15.4. The van der Waals surface area contributed by atoms with Crippen molar-refractivity contribution in [2.75, 3.05) is 31.9 Å². The molecule has 1 unspecified atom stereocenters. The molecule has 1 aliphatic heterocycles. The molecule has 0 aliphatic carbocycles. The van der Waals surface area contributed by atoms with E-state index in [0.29, 0.717) is 5.92 Å². The molecule has 1 heterocycles. The molecule has 1 aliphatic rings. The Hall–Kier alpha value is -0.710. The fourth-order valence-corrected chi connectivity index (χ4v) is 4.18. The number of hydrogen-bond donors (Lipinski definition) is 1. The van der Waals surface area contributed by atoms with Crippen molar-refractivity contribution in [1.29, 1.82) is 0 Å². The molecule has 0 spiro atoms. The van der Waals surface area contributed by atoms with Crippen LogP contribution >= 0.6 is 23.4 Å². The Balaban J connectivity index is 1.64. The van der Waals surface area contributed by atoms with Crippen LogP contribution in [0, 0.1) is 11.8 Å². The van der Waals surface area contributed by atoms with Gasteiger partial charge in [-0.3, -0.25) is 4.79 Å². The molecule has 3 nitrogen and oxygen atoms in total. The molecule has 0 radical (unpaired) electrons. The lowest BCUT2D eigenvalue weighted by Gasteiger charge is -2.33. The minimum atomic E-state index is 0.0755. The van der Waals surface area contributed by atoms with Crippen LogP contribution in [-0.2, 0) is 4.79 Å². The lowest BCUT2D eigenvalue weighted by molar-refractivity contribution is -0.124. The van der Waals surface area contributed by atoms with E-state index in [-0.39, 0.29) is 11.8 Å². The number of amides is 1. The van der Waals surface area contributed by atoms with Crippen LogP contribution in [-0.4, -0.2) is 42.7 Å². The first kappa shape index (κ1) is 19.6. The molecular weight excluding hydrogens is 340 g/mol. The summed E-state index contributed by atoms with van der Waals surface area (Å²) >= 11 is 8.03. The molecule has 0 bridgehead atoms. The standard InChI is InChI=1S/C19H29ClN2OS/c1-15(2)19(23)21-13-16-7-5-10-22(14-16)11-6-12-24-18-9-4-3-8-17(18)20/h3-4,8-9,15-16H,5-7,10-14H2,1-2H3,(H,21,23). The van der Waals surface area contributed by atoms with E-state index < -0.39 is 0 Å². The highest BCUT2D eigenvalue weighted by atomic mass is 35.5. The molecule has 0 aromatic heterocycles. The summed E-state index contributed by atoms with van der Waals surface area (Å²) in [7, 11) is 0. The first-order valence-corrected chi connectivity index (χ1v) is 10.3. The third kappa shape index (κ3) is 6.66. The quantitative estimate of drug-likeness (QED) is 0.548. The van der Waals surface area contributed by atoms with Gasteiger partial charge < -0.3 is 10.2 Å². The van der Waals surface area contributed by atoms with E-state index in [2.05, 4.69) is 16.3 Å². The lowest BCUT2D eigenvalue weighted by Crippen LogP contribution is -2.42. The molecule has 5 heteroatoms. The summed E-state index contributed by atoms with van der Waals surface area (Å²) in [5, 5.41) is 3.93. The van der Waals surface area contributed by atoms with Gasteiger partial charge in [0.05, 0.1) is 5.02 Å². The van der Waals surface area contributed by atoms with E-state index in [9.17, 15) is 4.79 Å². The number of carbonyl (C=O) groups excluding carboxylic acids is 1. The molecule has 1 amide bonds. The monoisotopic (exact) mass is 368 g/mol. The van der Waals surface area contributed by atoms with Crippen LogP contribution in [0.1, 0.15) is 33.1 Å². The summed E-state index contributed by atoms with van der Waals surface area (Å²) in [6, 6.07) is 8.04. The smallest absolute Gasteiger partial charge is 0.222 e. The fourth-order valence-electron chi connectivity index (χ4n) is 3.00. The average Bonchev–Trinajstić information content (AvgIpc) is 2.58. The van der Waals surface area contributed by atoms with Gasteiger partial charge in [0.25, 0.3) is 0 Å². The van der Waals surface area contributed by atoms with Crippen LogP contribution in [0.15, 0.2) is 29.2 Å². The molecule has 1 aromatic carbocycles. The van der Waals surface area contributed by atoms with Crippen molar-refractivity contribution >= 4 is 29.3 Å². The summed E-state index contributed by atoms with van der Waals surface area (Å²) in [5.74, 6) is 1.93. The fraction of sp³-hybridized carbons (Fsp3) is 0.632. The van der Waals surface area contributed by atoms with E-state index in [1.807, 2.05) is 43.8 Å². The Labute approximate surface area is 155 Å². The maximum Gasteiger partial charge on any atom is 0.222 e. The van der Waals surface area contributed by atoms with Crippen LogP contribution in [0.3, 0.4) is 0 Å². The molecule has 24 heavy (non-hydrogen) atoms. The van der Waals surface area contributed by atoms with Crippen molar-refractivity contribution in [2.45, 2.75) is 38.0 Å². The van der Waals surface area contributed by atoms with Gasteiger partial charge in [0, 0.05) is 23.9 Å². The molecule has 1 fully saturated rings. The highest BCUT2D eigenvalue weighted by molar-refractivity contribution is 7.99. The van der Waals surface area contributed by atoms with E-state index in [1.54, 1.807) is 0 Å². The molecule has 1 saturated heterocycles. The van der Waals surface area contributed by atoms with Crippen molar-refractivity contribution in [1.82, 2.24) is 10.2 Å². The molecule has 1 atom stereocenters. The van der Waals surface area contributed by atoms with E-state index in [0.717, 1.165) is 30.4 Å². The number of hydrogen-bond acceptors (Lipinski definition) is 3. The number of carbonyl (C=O) groups is 1. The van der Waals surface area contributed by atoms with Crippen LogP contribution in [0.25, 0.3) is 0 Å². The number of nitrogens with zero attached hydrogens (tertiary/aromatic N) is 1. The van der Waals surface area contributed by atoms with Gasteiger partial charge in [-0.25, -0.2) is 0 Å². The Bertz CT molecular complexity index is 524. The molecule has 134 valence electrons. The summed E-state index contributed by atoms with van der Waals surface area (Å²) in [6.45, 7) is 8.13. The van der Waals surface area contributed by atoms with E-state index >= 15 is 0 Å². The second-order valence-corrected chi connectivity index (χ2v) is 8.39. The maximum atomic E-state index is 11.7. The van der Waals surface area contributed by atoms with Gasteiger partial charge in [-0.2, -0.15) is 0 Å². The predicted molar refractivity (Wildman–Crippen MR) is 104 cm³/mol. The second-order valence-electron chi connectivity index (χ2n) is 6.84. The van der Waals surface area contributed by atoms with Crippen molar-refractivity contribution in [2.24, 2.45) is 11.8 Å². The first-order chi connectivity index (χ1) is 11.6. The van der Waals surface area contributed by atoms with E-state index in [1.165, 1.54) is 30.7 Å². The van der Waals surface area contributed by atoms with Crippen molar-refractivity contribution in [3.05, 3.63) is 29.3 Å². The number of thioether (sulfide) groups is 1. The maximum absolute atomic E-state index is 11.7. The Morgan fingerprint density at radius 3 is 2.96 bits per heavy atom. The SMILES string of the molecule is CC(C)C(=O)NCC1CCCN(CCCSc2ccccc2Cl)C1. The zero-order chi connectivity index (χ0) is 17.4. The highest BCUT2D eigenvalue weighted by Crippen LogP contribution is 2.27. The average molecular weight is 369 g/mol. The van der Waals surface area contributed by atoms with Crippen molar-refractivity contribution in [3.63, 3.8) is 0 Å². The van der Waals surface area contributed by atoms with Gasteiger partial charge >= 0.3 is 0 Å². The topological polar surface area (TPSA) is 32.3 Å². The van der Waals surface area contributed by atoms with Gasteiger partial charge in [0.1, 0.15) is 0 Å². The van der Waals surface area contributed by atoms with Crippen LogP contribution in [0.4, 0.5) is 0 Å². The zero-order valence-corrected chi connectivity index (χ0v) is 16.3.